The van der Waals surface area contributed by atoms with Gasteiger partial charge in [0.2, 0.25) is 10.0 Å². The van der Waals surface area contributed by atoms with Crippen LogP contribution in [0.15, 0.2) is 0 Å². The predicted molar refractivity (Wildman–Crippen MR) is 73.1 cm³/mol. The Morgan fingerprint density at radius 2 is 1.61 bits per heavy atom. The number of hydrogen-bond donors (Lipinski definition) is 1. The van der Waals surface area contributed by atoms with Crippen molar-refractivity contribution < 1.29 is 16.8 Å². The smallest absolute Gasteiger partial charge is 0.212 e. The van der Waals surface area contributed by atoms with Crippen molar-refractivity contribution in [1.29, 1.82) is 0 Å². The standard InChI is InChI=1S/C10H20ClNO4S2/c1-17(13,14)6-7-18(15,16)12-8-9-2-4-10(11)5-3-9/h9-10,12H,2-8H2,1H3. The zero-order chi connectivity index (χ0) is 13.8. The van der Waals surface area contributed by atoms with E-state index in [-0.39, 0.29) is 16.9 Å². The quantitative estimate of drug-likeness (QED) is 0.733. The summed E-state index contributed by atoms with van der Waals surface area (Å²) in [5, 5.41) is 0.211. The van der Waals surface area contributed by atoms with Gasteiger partial charge in [0.15, 0.2) is 0 Å². The molecule has 0 bridgehead atoms. The third-order valence-corrected chi connectivity index (χ3v) is 6.08. The van der Waals surface area contributed by atoms with E-state index in [0.717, 1.165) is 31.9 Å². The summed E-state index contributed by atoms with van der Waals surface area (Å²) in [5.74, 6) is -0.388. The van der Waals surface area contributed by atoms with Crippen LogP contribution in [0.1, 0.15) is 25.7 Å². The zero-order valence-electron chi connectivity index (χ0n) is 10.4. The molecule has 5 nitrogen and oxygen atoms in total. The van der Waals surface area contributed by atoms with E-state index < -0.39 is 19.9 Å². The molecule has 0 unspecified atom stereocenters. The molecule has 0 heterocycles. The number of hydrogen-bond acceptors (Lipinski definition) is 4. The maximum atomic E-state index is 11.6. The molecular weight excluding hydrogens is 298 g/mol. The number of halogens is 1. The van der Waals surface area contributed by atoms with E-state index in [2.05, 4.69) is 4.72 Å². The van der Waals surface area contributed by atoms with E-state index in [0.29, 0.717) is 12.5 Å². The van der Waals surface area contributed by atoms with Crippen LogP contribution >= 0.6 is 11.6 Å². The summed E-state index contributed by atoms with van der Waals surface area (Å²) in [6, 6.07) is 0. The molecule has 0 aromatic carbocycles. The number of sulfone groups is 1. The Morgan fingerprint density at radius 3 is 2.11 bits per heavy atom. The van der Waals surface area contributed by atoms with E-state index >= 15 is 0 Å². The van der Waals surface area contributed by atoms with Crippen molar-refractivity contribution in [3.05, 3.63) is 0 Å². The normalized spacial score (nSPS) is 26.1. The van der Waals surface area contributed by atoms with Crippen LogP contribution in [0.25, 0.3) is 0 Å². The van der Waals surface area contributed by atoms with Crippen molar-refractivity contribution in [2.75, 3.05) is 24.3 Å². The van der Waals surface area contributed by atoms with Crippen molar-refractivity contribution in [3.8, 4) is 0 Å². The molecular formula is C10H20ClNO4S2. The van der Waals surface area contributed by atoms with E-state index in [1.165, 1.54) is 0 Å². The number of sulfonamides is 1. The number of nitrogens with one attached hydrogen (secondary N) is 1. The van der Waals surface area contributed by atoms with Crippen LogP contribution in [0.5, 0.6) is 0 Å². The summed E-state index contributed by atoms with van der Waals surface area (Å²) in [5.41, 5.74) is 0. The maximum absolute atomic E-state index is 11.6. The van der Waals surface area contributed by atoms with Crippen molar-refractivity contribution >= 4 is 31.5 Å². The highest BCUT2D eigenvalue weighted by Crippen LogP contribution is 2.27. The van der Waals surface area contributed by atoms with Crippen molar-refractivity contribution in [2.24, 2.45) is 5.92 Å². The minimum absolute atomic E-state index is 0.211. The zero-order valence-corrected chi connectivity index (χ0v) is 12.8. The number of rotatable bonds is 6. The Morgan fingerprint density at radius 1 is 1.06 bits per heavy atom. The van der Waals surface area contributed by atoms with Gasteiger partial charge in [-0.2, -0.15) is 0 Å². The summed E-state index contributed by atoms with van der Waals surface area (Å²) in [6.45, 7) is 0.385. The summed E-state index contributed by atoms with van der Waals surface area (Å²) in [6.07, 6.45) is 4.70. The van der Waals surface area contributed by atoms with Gasteiger partial charge in [-0.15, -0.1) is 11.6 Å². The average Bonchev–Trinajstić information content (AvgIpc) is 2.25. The highest BCUT2D eigenvalue weighted by molar-refractivity contribution is 7.93. The molecule has 0 aromatic heterocycles. The monoisotopic (exact) mass is 317 g/mol. The molecule has 8 heteroatoms. The first-order chi connectivity index (χ1) is 8.18. The van der Waals surface area contributed by atoms with E-state index in [9.17, 15) is 16.8 Å². The van der Waals surface area contributed by atoms with Crippen LogP contribution < -0.4 is 4.72 Å². The molecule has 0 aliphatic heterocycles. The van der Waals surface area contributed by atoms with Crippen LogP contribution in [0.4, 0.5) is 0 Å². The summed E-state index contributed by atoms with van der Waals surface area (Å²) in [7, 11) is -6.73. The molecule has 0 amide bonds. The van der Waals surface area contributed by atoms with Gasteiger partial charge in [-0.3, -0.25) is 0 Å². The Labute approximate surface area is 114 Å². The van der Waals surface area contributed by atoms with E-state index in [1.807, 2.05) is 0 Å². The Hall–Kier alpha value is 0.150. The van der Waals surface area contributed by atoms with Crippen LogP contribution in [0.3, 0.4) is 0 Å². The number of alkyl halides is 1. The van der Waals surface area contributed by atoms with E-state index in [4.69, 9.17) is 11.6 Å². The molecule has 1 saturated carbocycles. The molecule has 0 spiro atoms. The largest absolute Gasteiger partial charge is 0.229 e. The molecule has 0 atom stereocenters. The van der Waals surface area contributed by atoms with Gasteiger partial charge < -0.3 is 0 Å². The Kier molecular flexibility index (Phi) is 5.89. The van der Waals surface area contributed by atoms with Gasteiger partial charge in [0.25, 0.3) is 0 Å². The maximum Gasteiger partial charge on any atom is 0.212 e. The SMILES string of the molecule is CS(=O)(=O)CCS(=O)(=O)NCC1CCC(Cl)CC1. The van der Waals surface area contributed by atoms with Crippen molar-refractivity contribution in [3.63, 3.8) is 0 Å². The minimum Gasteiger partial charge on any atom is -0.229 e. The lowest BCUT2D eigenvalue weighted by molar-refractivity contribution is 0.361. The third-order valence-electron chi connectivity index (χ3n) is 3.09. The van der Waals surface area contributed by atoms with Crippen LogP contribution in [0.2, 0.25) is 0 Å². The molecule has 1 aliphatic carbocycles. The van der Waals surface area contributed by atoms with Gasteiger partial charge in [-0.05, 0) is 31.6 Å². The van der Waals surface area contributed by atoms with Crippen LogP contribution in [0, 0.1) is 5.92 Å². The van der Waals surface area contributed by atoms with E-state index in [1.54, 1.807) is 0 Å². The van der Waals surface area contributed by atoms with Gasteiger partial charge in [0.1, 0.15) is 9.84 Å². The molecule has 1 rings (SSSR count). The summed E-state index contributed by atoms with van der Waals surface area (Å²) >= 11 is 5.97. The van der Waals surface area contributed by atoms with Gasteiger partial charge in [0.05, 0.1) is 11.5 Å². The second kappa shape index (κ2) is 6.54. The molecule has 1 aliphatic rings. The Balaban J connectivity index is 2.33. The van der Waals surface area contributed by atoms with Gasteiger partial charge in [-0.1, -0.05) is 0 Å². The Bertz CT molecular complexity index is 452. The lowest BCUT2D eigenvalue weighted by Gasteiger charge is -2.24. The lowest BCUT2D eigenvalue weighted by atomic mass is 9.89. The molecule has 108 valence electrons. The fourth-order valence-electron chi connectivity index (χ4n) is 1.90. The second-order valence-corrected chi connectivity index (χ2v) is 9.72. The van der Waals surface area contributed by atoms with Gasteiger partial charge >= 0.3 is 0 Å². The predicted octanol–water partition coefficient (Wildman–Crippen LogP) is 0.748. The first-order valence-electron chi connectivity index (χ1n) is 5.97. The van der Waals surface area contributed by atoms with Crippen LogP contribution in [-0.4, -0.2) is 46.5 Å². The van der Waals surface area contributed by atoms with Gasteiger partial charge in [-0.25, -0.2) is 21.6 Å². The van der Waals surface area contributed by atoms with Crippen molar-refractivity contribution in [1.82, 2.24) is 4.72 Å². The lowest BCUT2D eigenvalue weighted by Crippen LogP contribution is -2.34. The third kappa shape index (κ3) is 6.92. The average molecular weight is 318 g/mol. The van der Waals surface area contributed by atoms with Gasteiger partial charge in [0, 0.05) is 18.2 Å². The fraction of sp³-hybridized carbons (Fsp3) is 1.00. The summed E-state index contributed by atoms with van der Waals surface area (Å²) < 4.78 is 47.5. The minimum atomic E-state index is -3.49. The highest BCUT2D eigenvalue weighted by atomic mass is 35.5. The topological polar surface area (TPSA) is 80.3 Å². The second-order valence-electron chi connectivity index (χ2n) is 4.92. The molecule has 18 heavy (non-hydrogen) atoms. The fourth-order valence-corrected chi connectivity index (χ4v) is 4.88. The summed E-state index contributed by atoms with van der Waals surface area (Å²) in [4.78, 5) is 0. The first-order valence-corrected chi connectivity index (χ1v) is 10.1. The molecule has 1 N–H and O–H groups in total. The van der Waals surface area contributed by atoms with Crippen molar-refractivity contribution in [2.45, 2.75) is 31.1 Å². The molecule has 1 fully saturated rings. The molecule has 0 radical (unpaired) electrons. The van der Waals surface area contributed by atoms with Crippen LogP contribution in [-0.2, 0) is 19.9 Å². The molecule has 0 aromatic rings. The highest BCUT2D eigenvalue weighted by Gasteiger charge is 2.21. The molecule has 0 saturated heterocycles. The first kappa shape index (κ1) is 16.2.